The van der Waals surface area contributed by atoms with Crippen LogP contribution < -0.4 is 4.90 Å². The second kappa shape index (κ2) is 6.42. The third kappa shape index (κ3) is 2.82. The van der Waals surface area contributed by atoms with Crippen LogP contribution in [-0.4, -0.2) is 29.6 Å². The summed E-state index contributed by atoms with van der Waals surface area (Å²) in [6.07, 6.45) is 1.62. The third-order valence-corrected chi connectivity index (χ3v) is 4.97. The molecule has 1 aromatic carbocycles. The largest absolute Gasteiger partial charge is 0.377 e. The summed E-state index contributed by atoms with van der Waals surface area (Å²) < 4.78 is 9.35. The number of benzene rings is 1. The van der Waals surface area contributed by atoms with E-state index >= 15 is 0 Å². The highest BCUT2D eigenvalue weighted by molar-refractivity contribution is 7.09. The van der Waals surface area contributed by atoms with Crippen molar-refractivity contribution in [3.63, 3.8) is 0 Å². The van der Waals surface area contributed by atoms with Crippen LogP contribution in [0.2, 0.25) is 0 Å². The van der Waals surface area contributed by atoms with Crippen molar-refractivity contribution >= 4 is 16.7 Å². The van der Waals surface area contributed by atoms with Crippen LogP contribution in [0.3, 0.4) is 0 Å². The first kappa shape index (κ1) is 14.9. The van der Waals surface area contributed by atoms with Gasteiger partial charge in [0.25, 0.3) is 0 Å². The first-order valence-electron chi connectivity index (χ1n) is 7.31. The van der Waals surface area contributed by atoms with E-state index in [4.69, 9.17) is 4.74 Å². The molecule has 2 heterocycles. The van der Waals surface area contributed by atoms with Gasteiger partial charge in [0.05, 0.1) is 11.5 Å². The van der Waals surface area contributed by atoms with Crippen molar-refractivity contribution in [3.05, 3.63) is 41.7 Å². The summed E-state index contributed by atoms with van der Waals surface area (Å²) in [7, 11) is 1.64. The average Bonchev–Trinajstić information content (AvgIpc) is 3.05. The molecule has 0 atom stereocenters. The third-order valence-electron chi connectivity index (χ3n) is 4.16. The molecular weight excluding hydrogens is 296 g/mol. The van der Waals surface area contributed by atoms with Crippen LogP contribution in [0.15, 0.2) is 30.3 Å². The summed E-state index contributed by atoms with van der Waals surface area (Å²) in [5, 5.41) is 10.6. The van der Waals surface area contributed by atoms with Crippen LogP contribution in [-0.2, 0) is 16.8 Å². The number of hydrogen-bond donors (Lipinski definition) is 0. The Balaban J connectivity index is 1.72. The molecule has 2 aromatic rings. The highest BCUT2D eigenvalue weighted by atomic mass is 32.1. The van der Waals surface area contributed by atoms with Gasteiger partial charge in [-0.05, 0) is 18.4 Å². The summed E-state index contributed by atoms with van der Waals surface area (Å²) in [4.78, 5) is 6.71. The minimum absolute atomic E-state index is 0.377. The lowest BCUT2D eigenvalue weighted by Crippen LogP contribution is -2.42. The molecular formula is C16H18N4OS. The zero-order valence-electron chi connectivity index (χ0n) is 12.5. The van der Waals surface area contributed by atoms with Gasteiger partial charge in [-0.2, -0.15) is 9.64 Å². The lowest BCUT2D eigenvalue weighted by Gasteiger charge is -2.37. The quantitative estimate of drug-likeness (QED) is 0.868. The zero-order chi connectivity index (χ0) is 15.4. The van der Waals surface area contributed by atoms with E-state index < -0.39 is 0 Å². The highest BCUT2D eigenvalue weighted by Gasteiger charge is 2.37. The van der Waals surface area contributed by atoms with Gasteiger partial charge in [0.1, 0.15) is 6.61 Å². The first-order chi connectivity index (χ1) is 10.8. The molecule has 0 unspecified atom stereocenters. The van der Waals surface area contributed by atoms with Crippen LogP contribution >= 0.6 is 11.5 Å². The number of rotatable bonds is 4. The molecule has 0 radical (unpaired) electrons. The van der Waals surface area contributed by atoms with Gasteiger partial charge in [-0.25, -0.2) is 4.98 Å². The second-order valence-corrected chi connectivity index (χ2v) is 6.20. The summed E-state index contributed by atoms with van der Waals surface area (Å²) >= 11 is 1.40. The molecule has 1 aliphatic heterocycles. The second-order valence-electron chi connectivity index (χ2n) is 5.47. The van der Waals surface area contributed by atoms with Gasteiger partial charge in [-0.3, -0.25) is 0 Å². The fourth-order valence-electron chi connectivity index (χ4n) is 2.86. The van der Waals surface area contributed by atoms with Crippen molar-refractivity contribution in [2.75, 3.05) is 25.1 Å². The molecule has 5 nitrogen and oxygen atoms in total. The van der Waals surface area contributed by atoms with Crippen molar-refractivity contribution in [3.8, 4) is 6.07 Å². The molecule has 1 saturated heterocycles. The van der Waals surface area contributed by atoms with Crippen molar-refractivity contribution in [1.82, 2.24) is 9.36 Å². The lowest BCUT2D eigenvalue weighted by atomic mass is 9.74. The molecule has 0 saturated carbocycles. The number of methoxy groups -OCH3 is 1. The van der Waals surface area contributed by atoms with E-state index in [1.165, 1.54) is 11.5 Å². The number of hydrogen-bond acceptors (Lipinski definition) is 6. The van der Waals surface area contributed by atoms with Gasteiger partial charge in [0, 0.05) is 31.7 Å². The number of nitrogens with zero attached hydrogens (tertiary/aromatic N) is 4. The number of nitriles is 1. The Bertz CT molecular complexity index is 656. The van der Waals surface area contributed by atoms with Crippen molar-refractivity contribution in [1.29, 1.82) is 5.26 Å². The predicted molar refractivity (Wildman–Crippen MR) is 85.8 cm³/mol. The molecule has 6 heteroatoms. The van der Waals surface area contributed by atoms with Crippen molar-refractivity contribution in [2.45, 2.75) is 24.9 Å². The standard InChI is InChI=1S/C16H18N4OS/c1-21-11-14-18-15(22-19-14)20-9-7-16(12-17,8-10-20)13-5-3-2-4-6-13/h2-6H,7-11H2,1H3. The van der Waals surface area contributed by atoms with Crippen LogP contribution in [0.1, 0.15) is 24.2 Å². The number of ether oxygens (including phenoxy) is 1. The van der Waals surface area contributed by atoms with Crippen LogP contribution in [0, 0.1) is 11.3 Å². The van der Waals surface area contributed by atoms with Gasteiger partial charge in [-0.15, -0.1) is 0 Å². The Kier molecular flexibility index (Phi) is 4.36. The molecule has 0 aliphatic carbocycles. The summed E-state index contributed by atoms with van der Waals surface area (Å²) in [5.41, 5.74) is 0.743. The SMILES string of the molecule is COCc1nsc(N2CCC(C#N)(c3ccccc3)CC2)n1. The van der Waals surface area contributed by atoms with Crippen molar-refractivity contribution in [2.24, 2.45) is 0 Å². The Morgan fingerprint density at radius 2 is 2.05 bits per heavy atom. The number of piperidine rings is 1. The minimum Gasteiger partial charge on any atom is -0.377 e. The Hall–Kier alpha value is -1.97. The molecule has 0 N–H and O–H groups in total. The monoisotopic (exact) mass is 314 g/mol. The Morgan fingerprint density at radius 1 is 1.32 bits per heavy atom. The normalized spacial score (nSPS) is 17.2. The van der Waals surface area contributed by atoms with Gasteiger partial charge < -0.3 is 9.64 Å². The van der Waals surface area contributed by atoms with E-state index in [9.17, 15) is 5.26 Å². The van der Waals surface area contributed by atoms with Gasteiger partial charge >= 0.3 is 0 Å². The van der Waals surface area contributed by atoms with Gasteiger partial charge in [-0.1, -0.05) is 30.3 Å². The zero-order valence-corrected chi connectivity index (χ0v) is 13.3. The van der Waals surface area contributed by atoms with Crippen molar-refractivity contribution < 1.29 is 4.74 Å². The molecule has 0 bridgehead atoms. The fraction of sp³-hybridized carbons (Fsp3) is 0.438. The van der Waals surface area contributed by atoms with Gasteiger partial charge in [0.2, 0.25) is 5.13 Å². The van der Waals surface area contributed by atoms with E-state index in [0.29, 0.717) is 6.61 Å². The smallest absolute Gasteiger partial charge is 0.205 e. The van der Waals surface area contributed by atoms with E-state index in [1.807, 2.05) is 18.2 Å². The van der Waals surface area contributed by atoms with E-state index in [-0.39, 0.29) is 5.41 Å². The average molecular weight is 314 g/mol. The molecule has 0 spiro atoms. The van der Waals surface area contributed by atoms with E-state index in [1.54, 1.807) is 7.11 Å². The van der Waals surface area contributed by atoms with Crippen LogP contribution in [0.5, 0.6) is 0 Å². The molecule has 1 aromatic heterocycles. The topological polar surface area (TPSA) is 62.0 Å². The van der Waals surface area contributed by atoms with E-state index in [2.05, 4.69) is 32.5 Å². The molecule has 22 heavy (non-hydrogen) atoms. The first-order valence-corrected chi connectivity index (χ1v) is 8.08. The number of anilines is 1. The maximum atomic E-state index is 9.72. The minimum atomic E-state index is -0.377. The number of aromatic nitrogens is 2. The fourth-order valence-corrected chi connectivity index (χ4v) is 3.59. The molecule has 0 amide bonds. The Morgan fingerprint density at radius 3 is 2.68 bits per heavy atom. The maximum absolute atomic E-state index is 9.72. The summed E-state index contributed by atoms with van der Waals surface area (Å²) in [6, 6.07) is 12.7. The van der Waals surface area contributed by atoms with E-state index in [0.717, 1.165) is 42.5 Å². The molecule has 1 fully saturated rings. The molecule has 3 rings (SSSR count). The molecule has 1 aliphatic rings. The van der Waals surface area contributed by atoms with Crippen LogP contribution in [0.4, 0.5) is 5.13 Å². The summed E-state index contributed by atoms with van der Waals surface area (Å²) in [5.74, 6) is 0.725. The summed E-state index contributed by atoms with van der Waals surface area (Å²) in [6.45, 7) is 2.09. The predicted octanol–water partition coefficient (Wildman–Crippen LogP) is 2.75. The lowest BCUT2D eigenvalue weighted by molar-refractivity contribution is 0.179. The maximum Gasteiger partial charge on any atom is 0.205 e. The van der Waals surface area contributed by atoms with Crippen LogP contribution in [0.25, 0.3) is 0 Å². The van der Waals surface area contributed by atoms with Gasteiger partial charge in [0.15, 0.2) is 5.82 Å². The Labute approximate surface area is 134 Å². The molecule has 114 valence electrons. The highest BCUT2D eigenvalue weighted by Crippen LogP contribution is 2.36.